The monoisotopic (exact) mass is 272 g/mol. The number of rotatable bonds is 3. The summed E-state index contributed by atoms with van der Waals surface area (Å²) in [6.45, 7) is 2.69. The quantitative estimate of drug-likeness (QED) is 0.898. The van der Waals surface area contributed by atoms with Gasteiger partial charge in [0.2, 0.25) is 0 Å². The molecule has 2 aromatic rings. The molecule has 0 aliphatic rings. The van der Waals surface area contributed by atoms with Crippen molar-refractivity contribution >= 4 is 40.2 Å². The SMILES string of the molecule is Cc1nc(CNc2ccc(Cl)c(Cl)c2)cs1. The minimum atomic E-state index is 0.557. The van der Waals surface area contributed by atoms with Crippen LogP contribution < -0.4 is 5.32 Å². The molecule has 0 aliphatic heterocycles. The minimum absolute atomic E-state index is 0.557. The molecule has 1 aromatic carbocycles. The van der Waals surface area contributed by atoms with Crippen LogP contribution in [0.25, 0.3) is 0 Å². The number of anilines is 1. The van der Waals surface area contributed by atoms with Crippen LogP contribution in [0.15, 0.2) is 23.6 Å². The molecule has 0 spiro atoms. The van der Waals surface area contributed by atoms with Crippen molar-refractivity contribution in [2.45, 2.75) is 13.5 Å². The molecule has 0 saturated heterocycles. The number of aromatic nitrogens is 1. The Morgan fingerprint density at radius 2 is 2.12 bits per heavy atom. The number of nitrogens with zero attached hydrogens (tertiary/aromatic N) is 1. The second-order valence-electron chi connectivity index (χ2n) is 3.34. The van der Waals surface area contributed by atoms with Gasteiger partial charge < -0.3 is 5.32 Å². The lowest BCUT2D eigenvalue weighted by Gasteiger charge is -2.05. The van der Waals surface area contributed by atoms with Crippen LogP contribution in [-0.2, 0) is 6.54 Å². The highest BCUT2D eigenvalue weighted by Crippen LogP contribution is 2.25. The van der Waals surface area contributed by atoms with Gasteiger partial charge in [-0.05, 0) is 25.1 Å². The zero-order valence-electron chi connectivity index (χ0n) is 8.63. The van der Waals surface area contributed by atoms with Crippen LogP contribution in [0, 0.1) is 6.92 Å². The zero-order valence-corrected chi connectivity index (χ0v) is 11.0. The third-order valence-corrected chi connectivity index (χ3v) is 3.62. The fourth-order valence-electron chi connectivity index (χ4n) is 1.29. The van der Waals surface area contributed by atoms with E-state index in [0.29, 0.717) is 16.6 Å². The summed E-state index contributed by atoms with van der Waals surface area (Å²) in [5.74, 6) is 0. The van der Waals surface area contributed by atoms with Crippen molar-refractivity contribution in [2.24, 2.45) is 0 Å². The number of benzene rings is 1. The number of aryl methyl sites for hydroxylation is 1. The summed E-state index contributed by atoms with van der Waals surface area (Å²) in [6.07, 6.45) is 0. The Balaban J connectivity index is 2.02. The van der Waals surface area contributed by atoms with Crippen LogP contribution in [0.5, 0.6) is 0 Å². The van der Waals surface area contributed by atoms with E-state index in [1.165, 1.54) is 0 Å². The predicted octanol–water partition coefficient (Wildman–Crippen LogP) is 4.37. The second kappa shape index (κ2) is 5.04. The summed E-state index contributed by atoms with van der Waals surface area (Å²) >= 11 is 13.4. The molecule has 84 valence electrons. The highest BCUT2D eigenvalue weighted by Gasteiger charge is 2.01. The molecule has 0 bridgehead atoms. The lowest BCUT2D eigenvalue weighted by Crippen LogP contribution is -1.99. The Labute approximate surface area is 108 Å². The Kier molecular flexibility index (Phi) is 3.69. The van der Waals surface area contributed by atoms with Gasteiger partial charge in [-0.25, -0.2) is 4.98 Å². The Morgan fingerprint density at radius 3 is 2.75 bits per heavy atom. The van der Waals surface area contributed by atoms with Gasteiger partial charge in [-0.2, -0.15) is 0 Å². The minimum Gasteiger partial charge on any atom is -0.379 e. The maximum atomic E-state index is 5.91. The van der Waals surface area contributed by atoms with E-state index >= 15 is 0 Å². The Morgan fingerprint density at radius 1 is 1.31 bits per heavy atom. The molecular weight excluding hydrogens is 263 g/mol. The zero-order chi connectivity index (χ0) is 11.5. The first kappa shape index (κ1) is 11.7. The van der Waals surface area contributed by atoms with E-state index in [1.54, 1.807) is 17.4 Å². The average Bonchev–Trinajstić information content (AvgIpc) is 2.66. The summed E-state index contributed by atoms with van der Waals surface area (Å²) in [4.78, 5) is 4.36. The standard InChI is InChI=1S/C11H10Cl2N2S/c1-7-15-9(6-16-7)5-14-8-2-3-10(12)11(13)4-8/h2-4,6,14H,5H2,1H3. The van der Waals surface area contributed by atoms with E-state index in [9.17, 15) is 0 Å². The van der Waals surface area contributed by atoms with Crippen molar-refractivity contribution in [1.82, 2.24) is 4.98 Å². The van der Waals surface area contributed by atoms with Crippen molar-refractivity contribution in [3.8, 4) is 0 Å². The number of hydrogen-bond donors (Lipinski definition) is 1. The summed E-state index contributed by atoms with van der Waals surface area (Å²) < 4.78 is 0. The first-order chi connectivity index (χ1) is 7.65. The Hall–Kier alpha value is -0.770. The fourth-order valence-corrected chi connectivity index (χ4v) is 2.20. The van der Waals surface area contributed by atoms with E-state index in [4.69, 9.17) is 23.2 Å². The molecule has 0 atom stereocenters. The summed E-state index contributed by atoms with van der Waals surface area (Å²) in [6, 6.07) is 5.48. The van der Waals surface area contributed by atoms with Gasteiger partial charge in [0.05, 0.1) is 27.3 Å². The highest BCUT2D eigenvalue weighted by molar-refractivity contribution is 7.09. The van der Waals surface area contributed by atoms with E-state index < -0.39 is 0 Å². The predicted molar refractivity (Wildman–Crippen MR) is 70.6 cm³/mol. The third-order valence-electron chi connectivity index (χ3n) is 2.06. The summed E-state index contributed by atoms with van der Waals surface area (Å²) in [5.41, 5.74) is 1.98. The first-order valence-corrected chi connectivity index (χ1v) is 6.38. The van der Waals surface area contributed by atoms with Crippen molar-refractivity contribution in [3.05, 3.63) is 44.3 Å². The Bertz CT molecular complexity index is 496. The van der Waals surface area contributed by atoms with Crippen LogP contribution in [0.1, 0.15) is 10.7 Å². The van der Waals surface area contributed by atoms with Crippen molar-refractivity contribution < 1.29 is 0 Å². The molecule has 1 N–H and O–H groups in total. The van der Waals surface area contributed by atoms with Crippen molar-refractivity contribution in [2.75, 3.05) is 5.32 Å². The molecule has 0 saturated carbocycles. The van der Waals surface area contributed by atoms with Gasteiger partial charge in [0.1, 0.15) is 0 Å². The van der Waals surface area contributed by atoms with Gasteiger partial charge >= 0.3 is 0 Å². The van der Waals surface area contributed by atoms with E-state index in [0.717, 1.165) is 16.4 Å². The molecule has 2 nitrogen and oxygen atoms in total. The lowest BCUT2D eigenvalue weighted by molar-refractivity contribution is 1.05. The van der Waals surface area contributed by atoms with Crippen LogP contribution in [0.3, 0.4) is 0 Å². The number of halogens is 2. The topological polar surface area (TPSA) is 24.9 Å². The number of thiazole rings is 1. The normalized spacial score (nSPS) is 10.4. The van der Waals surface area contributed by atoms with Crippen LogP contribution in [-0.4, -0.2) is 4.98 Å². The van der Waals surface area contributed by atoms with E-state index in [2.05, 4.69) is 10.3 Å². The molecule has 1 heterocycles. The molecule has 0 amide bonds. The first-order valence-electron chi connectivity index (χ1n) is 4.75. The molecule has 0 radical (unpaired) electrons. The molecule has 2 rings (SSSR count). The second-order valence-corrected chi connectivity index (χ2v) is 5.22. The average molecular weight is 273 g/mol. The van der Waals surface area contributed by atoms with Gasteiger partial charge in [0.25, 0.3) is 0 Å². The molecule has 16 heavy (non-hydrogen) atoms. The maximum Gasteiger partial charge on any atom is 0.0898 e. The van der Waals surface area contributed by atoms with Crippen LogP contribution in [0.4, 0.5) is 5.69 Å². The van der Waals surface area contributed by atoms with Crippen LogP contribution in [0.2, 0.25) is 10.0 Å². The molecule has 1 aromatic heterocycles. The smallest absolute Gasteiger partial charge is 0.0898 e. The molecule has 0 unspecified atom stereocenters. The number of hydrogen-bond acceptors (Lipinski definition) is 3. The van der Waals surface area contributed by atoms with Gasteiger partial charge in [0.15, 0.2) is 0 Å². The molecule has 0 fully saturated rings. The molecule has 0 aliphatic carbocycles. The van der Waals surface area contributed by atoms with Crippen LogP contribution >= 0.6 is 34.5 Å². The number of nitrogens with one attached hydrogen (secondary N) is 1. The van der Waals surface area contributed by atoms with Gasteiger partial charge in [0, 0.05) is 11.1 Å². The maximum absolute atomic E-state index is 5.91. The highest BCUT2D eigenvalue weighted by atomic mass is 35.5. The third kappa shape index (κ3) is 2.88. The fraction of sp³-hybridized carbons (Fsp3) is 0.182. The van der Waals surface area contributed by atoms with E-state index in [1.807, 2.05) is 24.4 Å². The van der Waals surface area contributed by atoms with Crippen molar-refractivity contribution in [3.63, 3.8) is 0 Å². The van der Waals surface area contributed by atoms with E-state index in [-0.39, 0.29) is 0 Å². The van der Waals surface area contributed by atoms with Crippen molar-refractivity contribution in [1.29, 1.82) is 0 Å². The van der Waals surface area contributed by atoms with Gasteiger partial charge in [-0.3, -0.25) is 0 Å². The summed E-state index contributed by atoms with van der Waals surface area (Å²) in [7, 11) is 0. The molecular formula is C11H10Cl2N2S. The molecule has 5 heteroatoms. The van der Waals surface area contributed by atoms with Gasteiger partial charge in [-0.15, -0.1) is 11.3 Å². The lowest BCUT2D eigenvalue weighted by atomic mass is 10.3. The largest absolute Gasteiger partial charge is 0.379 e. The summed E-state index contributed by atoms with van der Waals surface area (Å²) in [5, 5.41) is 7.48. The van der Waals surface area contributed by atoms with Gasteiger partial charge in [-0.1, -0.05) is 23.2 Å².